The average Bonchev–Trinajstić information content (AvgIpc) is 2.57. The van der Waals surface area contributed by atoms with Crippen molar-refractivity contribution in [2.24, 2.45) is 0 Å². The molecule has 1 atom stereocenters. The molecule has 0 fully saturated rings. The lowest BCUT2D eigenvalue weighted by molar-refractivity contribution is 0.585. The second kappa shape index (κ2) is 6.73. The van der Waals surface area contributed by atoms with Gasteiger partial charge in [0.25, 0.3) is 5.56 Å². The Labute approximate surface area is 142 Å². The van der Waals surface area contributed by atoms with Crippen molar-refractivity contribution in [2.75, 3.05) is 0 Å². The third kappa shape index (κ3) is 3.06. The van der Waals surface area contributed by atoms with E-state index in [1.807, 2.05) is 13.0 Å². The van der Waals surface area contributed by atoms with Crippen LogP contribution < -0.4 is 5.56 Å². The lowest BCUT2D eigenvalue weighted by Crippen LogP contribution is -2.22. The molecule has 1 aromatic heterocycles. The minimum atomic E-state index is -0.488. The number of thioether (sulfide) groups is 1. The molecular formula is C18H16F2N2OS. The molecule has 0 bridgehead atoms. The molecule has 0 spiro atoms. The van der Waals surface area contributed by atoms with Crippen LogP contribution in [0.2, 0.25) is 0 Å². The summed E-state index contributed by atoms with van der Waals surface area (Å²) in [5.74, 6) is -0.958. The quantitative estimate of drug-likeness (QED) is 0.513. The standard InChI is InChI=1S/C18H16F2N2OS/c1-3-22-17(23)13-6-4-5-7-16(13)21-18(22)24-11(2)14-10-12(19)8-9-15(14)20/h4-11H,3H2,1-2H3/t11-/m1/s1. The first kappa shape index (κ1) is 16.6. The lowest BCUT2D eigenvalue weighted by atomic mass is 10.1. The fourth-order valence-corrected chi connectivity index (χ4v) is 3.68. The Kier molecular flexibility index (Phi) is 4.66. The van der Waals surface area contributed by atoms with Crippen LogP contribution in [0.4, 0.5) is 8.78 Å². The third-order valence-corrected chi connectivity index (χ3v) is 4.95. The molecule has 0 saturated carbocycles. The summed E-state index contributed by atoms with van der Waals surface area (Å²) in [5.41, 5.74) is 0.726. The minimum Gasteiger partial charge on any atom is -0.287 e. The van der Waals surface area contributed by atoms with Crippen molar-refractivity contribution in [1.29, 1.82) is 0 Å². The molecule has 0 aliphatic heterocycles. The first-order chi connectivity index (χ1) is 11.5. The molecule has 0 aliphatic carbocycles. The SMILES string of the molecule is CCn1c(S[C@H](C)c2cc(F)ccc2F)nc2ccccc2c1=O. The molecule has 0 aliphatic rings. The minimum absolute atomic E-state index is 0.127. The van der Waals surface area contributed by atoms with Gasteiger partial charge in [0.15, 0.2) is 5.16 Å². The highest BCUT2D eigenvalue weighted by atomic mass is 32.2. The van der Waals surface area contributed by atoms with Crippen LogP contribution in [0.5, 0.6) is 0 Å². The summed E-state index contributed by atoms with van der Waals surface area (Å²) in [7, 11) is 0. The van der Waals surface area contributed by atoms with E-state index in [0.29, 0.717) is 22.6 Å². The number of benzene rings is 2. The number of rotatable bonds is 4. The van der Waals surface area contributed by atoms with Crippen LogP contribution in [0.3, 0.4) is 0 Å². The maximum absolute atomic E-state index is 14.0. The van der Waals surface area contributed by atoms with E-state index in [1.165, 1.54) is 17.8 Å². The van der Waals surface area contributed by atoms with Gasteiger partial charge in [-0.05, 0) is 44.2 Å². The molecule has 3 nitrogen and oxygen atoms in total. The highest BCUT2D eigenvalue weighted by Crippen LogP contribution is 2.35. The highest BCUT2D eigenvalue weighted by molar-refractivity contribution is 7.99. The molecule has 1 heterocycles. The van der Waals surface area contributed by atoms with E-state index < -0.39 is 11.6 Å². The number of hydrogen-bond donors (Lipinski definition) is 0. The Bertz CT molecular complexity index is 955. The van der Waals surface area contributed by atoms with Gasteiger partial charge in [0.05, 0.1) is 10.9 Å². The molecule has 0 N–H and O–H groups in total. The van der Waals surface area contributed by atoms with Crippen molar-refractivity contribution in [2.45, 2.75) is 30.8 Å². The zero-order chi connectivity index (χ0) is 17.3. The third-order valence-electron chi connectivity index (χ3n) is 3.82. The van der Waals surface area contributed by atoms with Crippen molar-refractivity contribution in [1.82, 2.24) is 9.55 Å². The van der Waals surface area contributed by atoms with Gasteiger partial charge in [0.2, 0.25) is 0 Å². The van der Waals surface area contributed by atoms with Crippen LogP contribution in [0, 0.1) is 11.6 Å². The van der Waals surface area contributed by atoms with Crippen LogP contribution in [-0.2, 0) is 6.54 Å². The summed E-state index contributed by atoms with van der Waals surface area (Å²) in [4.78, 5) is 17.1. The molecule has 6 heteroatoms. The van der Waals surface area contributed by atoms with Crippen molar-refractivity contribution in [3.8, 4) is 0 Å². The number of halogens is 2. The highest BCUT2D eigenvalue weighted by Gasteiger charge is 2.17. The van der Waals surface area contributed by atoms with Crippen LogP contribution in [0.15, 0.2) is 52.4 Å². The Morgan fingerprint density at radius 2 is 1.96 bits per heavy atom. The van der Waals surface area contributed by atoms with Crippen molar-refractivity contribution in [3.63, 3.8) is 0 Å². The van der Waals surface area contributed by atoms with Gasteiger partial charge in [-0.1, -0.05) is 23.9 Å². The Morgan fingerprint density at radius 1 is 1.21 bits per heavy atom. The normalized spacial score (nSPS) is 12.5. The molecule has 3 aromatic rings. The summed E-state index contributed by atoms with van der Waals surface area (Å²) in [6.07, 6.45) is 0. The molecule has 0 radical (unpaired) electrons. The summed E-state index contributed by atoms with van der Waals surface area (Å²) >= 11 is 1.24. The maximum atomic E-state index is 14.0. The van der Waals surface area contributed by atoms with Gasteiger partial charge in [0, 0.05) is 17.4 Å². The fraction of sp³-hybridized carbons (Fsp3) is 0.222. The van der Waals surface area contributed by atoms with E-state index in [1.54, 1.807) is 29.7 Å². The van der Waals surface area contributed by atoms with E-state index in [4.69, 9.17) is 0 Å². The number of nitrogens with zero attached hydrogens (tertiary/aromatic N) is 2. The first-order valence-corrected chi connectivity index (χ1v) is 8.50. The monoisotopic (exact) mass is 346 g/mol. The largest absolute Gasteiger partial charge is 0.287 e. The molecular weight excluding hydrogens is 330 g/mol. The smallest absolute Gasteiger partial charge is 0.262 e. The van der Waals surface area contributed by atoms with Gasteiger partial charge in [0.1, 0.15) is 11.6 Å². The van der Waals surface area contributed by atoms with Crippen molar-refractivity contribution >= 4 is 22.7 Å². The molecule has 124 valence electrons. The molecule has 0 amide bonds. The molecule has 3 rings (SSSR count). The predicted octanol–water partition coefficient (Wildman–Crippen LogP) is 4.55. The molecule has 24 heavy (non-hydrogen) atoms. The van der Waals surface area contributed by atoms with Gasteiger partial charge in [-0.2, -0.15) is 0 Å². The van der Waals surface area contributed by atoms with Gasteiger partial charge in [-0.15, -0.1) is 0 Å². The van der Waals surface area contributed by atoms with Gasteiger partial charge in [-0.25, -0.2) is 13.8 Å². The fourth-order valence-electron chi connectivity index (χ4n) is 2.56. The van der Waals surface area contributed by atoms with E-state index in [9.17, 15) is 13.6 Å². The van der Waals surface area contributed by atoms with E-state index in [2.05, 4.69) is 4.98 Å². The number of para-hydroxylation sites is 1. The molecule has 0 unspecified atom stereocenters. The van der Waals surface area contributed by atoms with E-state index in [0.717, 1.165) is 12.1 Å². The van der Waals surface area contributed by atoms with Crippen molar-refractivity contribution < 1.29 is 8.78 Å². The topological polar surface area (TPSA) is 34.9 Å². The van der Waals surface area contributed by atoms with Crippen molar-refractivity contribution in [3.05, 3.63) is 70.0 Å². The lowest BCUT2D eigenvalue weighted by Gasteiger charge is -2.16. The Balaban J connectivity index is 2.06. The summed E-state index contributed by atoms with van der Waals surface area (Å²) in [5, 5.41) is 0.664. The van der Waals surface area contributed by atoms with Gasteiger partial charge in [-0.3, -0.25) is 9.36 Å². The predicted molar refractivity (Wildman–Crippen MR) is 92.3 cm³/mol. The van der Waals surface area contributed by atoms with E-state index in [-0.39, 0.29) is 16.4 Å². The maximum Gasteiger partial charge on any atom is 0.262 e. The van der Waals surface area contributed by atoms with Crippen LogP contribution in [0.25, 0.3) is 10.9 Å². The number of fused-ring (bicyclic) bond motifs is 1. The summed E-state index contributed by atoms with van der Waals surface area (Å²) in [6, 6.07) is 10.5. The Hall–Kier alpha value is -2.21. The number of hydrogen-bond acceptors (Lipinski definition) is 3. The molecule has 0 saturated heterocycles. The summed E-state index contributed by atoms with van der Waals surface area (Å²) < 4.78 is 28.9. The van der Waals surface area contributed by atoms with E-state index >= 15 is 0 Å². The zero-order valence-electron chi connectivity index (χ0n) is 13.3. The molecule has 2 aromatic carbocycles. The Morgan fingerprint density at radius 3 is 2.71 bits per heavy atom. The second-order valence-electron chi connectivity index (χ2n) is 5.39. The van der Waals surface area contributed by atoms with Crippen LogP contribution in [0.1, 0.15) is 24.7 Å². The van der Waals surface area contributed by atoms with Gasteiger partial charge < -0.3 is 0 Å². The van der Waals surface area contributed by atoms with Crippen LogP contribution in [-0.4, -0.2) is 9.55 Å². The average molecular weight is 346 g/mol. The van der Waals surface area contributed by atoms with Crippen LogP contribution >= 0.6 is 11.8 Å². The zero-order valence-corrected chi connectivity index (χ0v) is 14.1. The summed E-state index contributed by atoms with van der Waals surface area (Å²) in [6.45, 7) is 4.08. The second-order valence-corrected chi connectivity index (χ2v) is 6.69. The van der Waals surface area contributed by atoms with Gasteiger partial charge >= 0.3 is 0 Å². The first-order valence-electron chi connectivity index (χ1n) is 7.62. The number of aromatic nitrogens is 2.